The van der Waals surface area contributed by atoms with Crippen LogP contribution < -0.4 is 5.32 Å². The van der Waals surface area contributed by atoms with E-state index in [-0.39, 0.29) is 11.8 Å². The molecule has 2 amide bonds. The quantitative estimate of drug-likeness (QED) is 0.784. The first kappa shape index (κ1) is 18.4. The number of anilines is 1. The molecule has 2 aliphatic rings. The Morgan fingerprint density at radius 1 is 1.33 bits per heavy atom. The predicted molar refractivity (Wildman–Crippen MR) is 107 cm³/mol. The molecule has 1 N–H and O–H groups in total. The molecule has 2 aromatic rings. The summed E-state index contributed by atoms with van der Waals surface area (Å²) in [6.07, 6.45) is 8.25. The molecule has 1 aromatic carbocycles. The Labute approximate surface area is 167 Å². The van der Waals surface area contributed by atoms with Crippen LogP contribution in [0, 0.1) is 5.92 Å². The second-order valence-corrected chi connectivity index (χ2v) is 8.59. The first-order valence-corrected chi connectivity index (χ1v) is 10.7. The zero-order valence-corrected chi connectivity index (χ0v) is 16.6. The van der Waals surface area contributed by atoms with Crippen molar-refractivity contribution in [1.82, 2.24) is 9.88 Å². The molecule has 0 spiro atoms. The summed E-state index contributed by atoms with van der Waals surface area (Å²) in [5, 5.41) is 5.73. The van der Waals surface area contributed by atoms with Gasteiger partial charge in [0, 0.05) is 18.1 Å². The average molecular weight is 404 g/mol. The number of amides is 2. The molecule has 1 aromatic heterocycles. The number of hydrogen-bond donors (Lipinski definition) is 1. The number of carbonyl (C=O) groups is 2. The maximum atomic E-state index is 13.1. The molecule has 1 aliphatic heterocycles. The second kappa shape index (κ2) is 7.98. The van der Waals surface area contributed by atoms with Crippen LogP contribution in [0.2, 0.25) is 5.02 Å². The van der Waals surface area contributed by atoms with Gasteiger partial charge >= 0.3 is 0 Å². The van der Waals surface area contributed by atoms with Crippen LogP contribution in [0.1, 0.15) is 54.4 Å². The number of fused-ring (bicyclic) bond motifs is 1. The molecule has 4 rings (SSSR count). The third-order valence-corrected chi connectivity index (χ3v) is 6.54. The number of hydrogen-bond acceptors (Lipinski definition) is 4. The van der Waals surface area contributed by atoms with Crippen LogP contribution in [0.4, 0.5) is 5.13 Å². The van der Waals surface area contributed by atoms with Crippen LogP contribution in [-0.4, -0.2) is 27.7 Å². The number of thiazole rings is 1. The molecule has 1 saturated carbocycles. The summed E-state index contributed by atoms with van der Waals surface area (Å²) in [5.41, 5.74) is 1.43. The molecular weight excluding hydrogens is 382 g/mol. The van der Waals surface area contributed by atoms with Gasteiger partial charge in [-0.25, -0.2) is 4.98 Å². The Bertz CT molecular complexity index is 834. The molecule has 0 bridgehead atoms. The van der Waals surface area contributed by atoms with Crippen molar-refractivity contribution in [2.75, 3.05) is 5.32 Å². The largest absolute Gasteiger partial charge is 0.322 e. The Balaban J connectivity index is 1.58. The fourth-order valence-corrected chi connectivity index (χ4v) is 4.99. The molecule has 5 nitrogen and oxygen atoms in total. The molecule has 1 fully saturated rings. The normalized spacial score (nSPS) is 18.4. The van der Waals surface area contributed by atoms with Crippen LogP contribution in [-0.2, 0) is 11.3 Å². The average Bonchev–Trinajstić information content (AvgIpc) is 3.29. The molecule has 142 valence electrons. The number of benzene rings is 1. The first-order valence-electron chi connectivity index (χ1n) is 9.42. The number of rotatable bonds is 5. The molecule has 0 saturated heterocycles. The van der Waals surface area contributed by atoms with E-state index in [1.807, 2.05) is 17.5 Å². The van der Waals surface area contributed by atoms with Crippen molar-refractivity contribution in [3.05, 3.63) is 45.9 Å². The lowest BCUT2D eigenvalue weighted by molar-refractivity contribution is -0.121. The van der Waals surface area contributed by atoms with Crippen molar-refractivity contribution in [2.24, 2.45) is 5.92 Å². The van der Waals surface area contributed by atoms with E-state index in [0.717, 1.165) is 18.4 Å². The van der Waals surface area contributed by atoms with Gasteiger partial charge in [-0.05, 0) is 24.0 Å². The van der Waals surface area contributed by atoms with Crippen LogP contribution in [0.15, 0.2) is 29.8 Å². The molecule has 27 heavy (non-hydrogen) atoms. The van der Waals surface area contributed by atoms with Gasteiger partial charge in [-0.15, -0.1) is 11.3 Å². The third kappa shape index (κ3) is 3.87. The Hall–Kier alpha value is -1.92. The van der Waals surface area contributed by atoms with Gasteiger partial charge < -0.3 is 10.2 Å². The van der Waals surface area contributed by atoms with Crippen LogP contribution in [0.3, 0.4) is 0 Å². The van der Waals surface area contributed by atoms with E-state index in [2.05, 4.69) is 10.3 Å². The van der Waals surface area contributed by atoms with Gasteiger partial charge in [-0.3, -0.25) is 9.59 Å². The van der Waals surface area contributed by atoms with Gasteiger partial charge in [-0.1, -0.05) is 55.8 Å². The number of halogens is 1. The Morgan fingerprint density at radius 2 is 2.15 bits per heavy atom. The summed E-state index contributed by atoms with van der Waals surface area (Å²) >= 11 is 7.64. The molecule has 1 unspecified atom stereocenters. The highest BCUT2D eigenvalue weighted by Crippen LogP contribution is 2.34. The molecular formula is C20H22ClN3O2S. The lowest BCUT2D eigenvalue weighted by Crippen LogP contribution is -2.45. The number of nitrogens with zero attached hydrogens (tertiary/aromatic N) is 2. The van der Waals surface area contributed by atoms with Crippen LogP contribution in [0.25, 0.3) is 0 Å². The van der Waals surface area contributed by atoms with Crippen molar-refractivity contribution in [1.29, 1.82) is 0 Å². The van der Waals surface area contributed by atoms with Gasteiger partial charge in [0.15, 0.2) is 5.13 Å². The maximum absolute atomic E-state index is 13.1. The Kier molecular flexibility index (Phi) is 5.45. The van der Waals surface area contributed by atoms with E-state index < -0.39 is 6.04 Å². The van der Waals surface area contributed by atoms with Crippen LogP contribution >= 0.6 is 22.9 Å². The molecule has 0 radical (unpaired) electrons. The maximum Gasteiger partial charge on any atom is 0.256 e. The zero-order chi connectivity index (χ0) is 18.8. The van der Waals surface area contributed by atoms with Crippen molar-refractivity contribution in [3.8, 4) is 0 Å². The highest BCUT2D eigenvalue weighted by atomic mass is 35.5. The van der Waals surface area contributed by atoms with E-state index in [9.17, 15) is 9.59 Å². The van der Waals surface area contributed by atoms with Crippen LogP contribution in [0.5, 0.6) is 0 Å². The highest BCUT2D eigenvalue weighted by Gasteiger charge is 2.39. The summed E-state index contributed by atoms with van der Waals surface area (Å²) in [4.78, 5) is 32.0. The predicted octanol–water partition coefficient (Wildman–Crippen LogP) is 4.73. The van der Waals surface area contributed by atoms with Gasteiger partial charge in [0.1, 0.15) is 6.04 Å². The van der Waals surface area contributed by atoms with E-state index >= 15 is 0 Å². The lowest BCUT2D eigenvalue weighted by Gasteiger charge is -2.31. The van der Waals surface area contributed by atoms with E-state index in [1.165, 1.54) is 30.6 Å². The number of aromatic nitrogens is 1. The fraction of sp³-hybridized carbons (Fsp3) is 0.450. The SMILES string of the molecule is O=C(Nc1nccs1)C(CC1CCCCC1)N1Cc2cccc(Cl)c2C1=O. The molecule has 1 aliphatic carbocycles. The lowest BCUT2D eigenvalue weighted by atomic mass is 9.84. The van der Waals surface area contributed by atoms with Crippen molar-refractivity contribution in [2.45, 2.75) is 51.1 Å². The van der Waals surface area contributed by atoms with Gasteiger partial charge in [0.05, 0.1) is 10.6 Å². The number of carbonyl (C=O) groups excluding carboxylic acids is 2. The molecule has 2 heterocycles. The summed E-state index contributed by atoms with van der Waals surface area (Å²) in [6, 6.07) is 4.99. The van der Waals surface area contributed by atoms with Gasteiger partial charge in [-0.2, -0.15) is 0 Å². The standard InChI is InChI=1S/C20H22ClN3O2S/c21-15-8-4-7-14-12-24(19(26)17(14)15)16(11-13-5-2-1-3-6-13)18(25)23-20-22-9-10-27-20/h4,7-10,13,16H,1-3,5-6,11-12H2,(H,22,23,25). The minimum absolute atomic E-state index is 0.148. The van der Waals surface area contributed by atoms with E-state index in [0.29, 0.717) is 34.6 Å². The summed E-state index contributed by atoms with van der Waals surface area (Å²) in [7, 11) is 0. The minimum atomic E-state index is -0.507. The number of nitrogens with one attached hydrogen (secondary N) is 1. The third-order valence-electron chi connectivity index (χ3n) is 5.54. The van der Waals surface area contributed by atoms with Crippen molar-refractivity contribution >= 4 is 39.9 Å². The Morgan fingerprint density at radius 3 is 2.85 bits per heavy atom. The second-order valence-electron chi connectivity index (χ2n) is 7.29. The summed E-state index contributed by atoms with van der Waals surface area (Å²) < 4.78 is 0. The van der Waals surface area contributed by atoms with Crippen molar-refractivity contribution in [3.63, 3.8) is 0 Å². The monoisotopic (exact) mass is 403 g/mol. The summed E-state index contributed by atoms with van der Waals surface area (Å²) in [6.45, 7) is 0.428. The van der Waals surface area contributed by atoms with E-state index in [4.69, 9.17) is 11.6 Å². The first-order chi connectivity index (χ1) is 13.1. The fourth-order valence-electron chi connectivity index (χ4n) is 4.18. The van der Waals surface area contributed by atoms with Crippen molar-refractivity contribution < 1.29 is 9.59 Å². The summed E-state index contributed by atoms with van der Waals surface area (Å²) in [5.74, 6) is 0.163. The molecule has 7 heteroatoms. The smallest absolute Gasteiger partial charge is 0.256 e. The zero-order valence-electron chi connectivity index (χ0n) is 15.0. The molecule has 1 atom stereocenters. The van der Waals surface area contributed by atoms with Gasteiger partial charge in [0.25, 0.3) is 5.91 Å². The van der Waals surface area contributed by atoms with Gasteiger partial charge in [0.2, 0.25) is 5.91 Å². The van der Waals surface area contributed by atoms with E-state index in [1.54, 1.807) is 17.2 Å². The topological polar surface area (TPSA) is 62.3 Å². The highest BCUT2D eigenvalue weighted by molar-refractivity contribution is 7.13. The minimum Gasteiger partial charge on any atom is -0.322 e.